The lowest BCUT2D eigenvalue weighted by molar-refractivity contribution is 0.0696. The van der Waals surface area contributed by atoms with Crippen LogP contribution in [0.4, 0.5) is 0 Å². The van der Waals surface area contributed by atoms with Crippen molar-refractivity contribution >= 4 is 19.3 Å². The largest absolute Gasteiger partial charge is 0.497 e. The van der Waals surface area contributed by atoms with Crippen LogP contribution in [0.3, 0.4) is 0 Å². The van der Waals surface area contributed by atoms with Crippen molar-refractivity contribution in [2.24, 2.45) is 0 Å². The minimum absolute atomic E-state index is 0.256. The molecule has 4 heteroatoms. The number of ether oxygens (including phenoxy) is 1. The lowest BCUT2D eigenvalue weighted by Gasteiger charge is -2.02. The van der Waals surface area contributed by atoms with Gasteiger partial charge in [-0.3, -0.25) is 0 Å². The monoisotopic (exact) mass is 164 g/mol. The smallest absolute Gasteiger partial charge is 0.335 e. The molecule has 0 radical (unpaired) electrons. The van der Waals surface area contributed by atoms with Gasteiger partial charge in [-0.05, 0) is 12.1 Å². The lowest BCUT2D eigenvalue weighted by Crippen LogP contribution is -2.07. The summed E-state index contributed by atoms with van der Waals surface area (Å²) < 4.78 is 4.92. The molecule has 0 spiro atoms. The molecule has 3 nitrogen and oxygen atoms in total. The average molecular weight is 164 g/mol. The van der Waals surface area contributed by atoms with Gasteiger partial charge in [0.15, 0.2) is 0 Å². The van der Waals surface area contributed by atoms with Gasteiger partial charge >= 0.3 is 5.97 Å². The van der Waals surface area contributed by atoms with Gasteiger partial charge in [0, 0.05) is 0 Å². The van der Waals surface area contributed by atoms with Gasteiger partial charge in [-0.2, -0.15) is 0 Å². The molecule has 0 heterocycles. The summed E-state index contributed by atoms with van der Waals surface area (Å²) in [6.45, 7) is 0. The molecule has 0 aliphatic heterocycles. The first-order chi connectivity index (χ1) is 5.63. The van der Waals surface area contributed by atoms with Gasteiger partial charge in [-0.1, -0.05) is 11.5 Å². The van der Waals surface area contributed by atoms with Crippen molar-refractivity contribution in [2.45, 2.75) is 0 Å². The number of carboxylic acid groups (broad SMARTS) is 1. The number of hydrogen-bond acceptors (Lipinski definition) is 2. The van der Waals surface area contributed by atoms with Crippen molar-refractivity contribution in [3.8, 4) is 5.75 Å². The highest BCUT2D eigenvalue weighted by Gasteiger charge is 2.04. The molecule has 0 saturated heterocycles. The molecule has 12 heavy (non-hydrogen) atoms. The molecule has 62 valence electrons. The molecule has 1 rings (SSSR count). The molecule has 0 aliphatic carbocycles. The number of carbonyl (C=O) groups is 1. The first-order valence-electron chi connectivity index (χ1n) is 3.52. The summed E-state index contributed by atoms with van der Waals surface area (Å²) in [5, 5.41) is 8.67. The molecule has 0 bridgehead atoms. The number of methoxy groups -OCH3 is 1. The molecule has 1 aromatic carbocycles. The molecule has 0 unspecified atom stereocenters. The van der Waals surface area contributed by atoms with E-state index in [1.54, 1.807) is 12.1 Å². The van der Waals surface area contributed by atoms with Crippen LogP contribution in [0.2, 0.25) is 0 Å². The van der Waals surface area contributed by atoms with Crippen LogP contribution in [0, 0.1) is 0 Å². The predicted molar refractivity (Wildman–Crippen MR) is 48.1 cm³/mol. The molecule has 1 N–H and O–H groups in total. The van der Waals surface area contributed by atoms with Crippen molar-refractivity contribution in [1.29, 1.82) is 0 Å². The van der Waals surface area contributed by atoms with E-state index in [1.807, 2.05) is 7.85 Å². The molecule has 0 atom stereocenters. The van der Waals surface area contributed by atoms with E-state index in [1.165, 1.54) is 13.2 Å². The van der Waals surface area contributed by atoms with Crippen molar-refractivity contribution in [2.75, 3.05) is 7.11 Å². The van der Waals surface area contributed by atoms with E-state index in [-0.39, 0.29) is 5.56 Å². The Hall–Kier alpha value is -1.45. The minimum Gasteiger partial charge on any atom is -0.497 e. The Morgan fingerprint density at radius 1 is 1.50 bits per heavy atom. The SMILES string of the molecule is Bc1cc(OC)cc(C(=O)O)c1. The molecule has 0 aromatic heterocycles. The topological polar surface area (TPSA) is 46.5 Å². The van der Waals surface area contributed by atoms with E-state index >= 15 is 0 Å². The van der Waals surface area contributed by atoms with Crippen molar-refractivity contribution in [3.63, 3.8) is 0 Å². The second kappa shape index (κ2) is 3.30. The summed E-state index contributed by atoms with van der Waals surface area (Å²) in [6.07, 6.45) is 0. The van der Waals surface area contributed by atoms with Crippen molar-refractivity contribution in [1.82, 2.24) is 0 Å². The van der Waals surface area contributed by atoms with Gasteiger partial charge in [0.25, 0.3) is 0 Å². The Bertz CT molecular complexity index is 309. The van der Waals surface area contributed by atoms with Crippen LogP contribution < -0.4 is 10.2 Å². The summed E-state index contributed by atoms with van der Waals surface area (Å²) >= 11 is 0. The maximum Gasteiger partial charge on any atom is 0.335 e. The summed E-state index contributed by atoms with van der Waals surface area (Å²) in [4.78, 5) is 10.6. The molecule has 0 amide bonds. The third-order valence-electron chi connectivity index (χ3n) is 1.53. The fourth-order valence-corrected chi connectivity index (χ4v) is 0.989. The van der Waals surface area contributed by atoms with Gasteiger partial charge in [-0.15, -0.1) is 0 Å². The van der Waals surface area contributed by atoms with E-state index in [9.17, 15) is 4.79 Å². The Labute approximate surface area is 71.4 Å². The van der Waals surface area contributed by atoms with Crippen LogP contribution in [0.1, 0.15) is 10.4 Å². The zero-order chi connectivity index (χ0) is 9.14. The number of rotatable bonds is 2. The molecule has 0 aliphatic rings. The van der Waals surface area contributed by atoms with Gasteiger partial charge in [0.2, 0.25) is 0 Å². The normalized spacial score (nSPS) is 9.42. The van der Waals surface area contributed by atoms with Crippen LogP contribution in [0.25, 0.3) is 0 Å². The van der Waals surface area contributed by atoms with Crippen LogP contribution in [-0.2, 0) is 0 Å². The Kier molecular flexibility index (Phi) is 2.38. The van der Waals surface area contributed by atoms with Crippen molar-refractivity contribution in [3.05, 3.63) is 23.8 Å². The van der Waals surface area contributed by atoms with Crippen molar-refractivity contribution < 1.29 is 14.6 Å². The second-order valence-corrected chi connectivity index (χ2v) is 2.54. The number of hydrogen-bond donors (Lipinski definition) is 1. The van der Waals surface area contributed by atoms with E-state index in [2.05, 4.69) is 0 Å². The fraction of sp³-hybridized carbons (Fsp3) is 0.125. The van der Waals surface area contributed by atoms with Gasteiger partial charge in [0.1, 0.15) is 13.6 Å². The Balaban J connectivity index is 3.15. The highest BCUT2D eigenvalue weighted by Crippen LogP contribution is 2.10. The lowest BCUT2D eigenvalue weighted by atomic mass is 9.94. The summed E-state index contributed by atoms with van der Waals surface area (Å²) in [5.41, 5.74) is 1.14. The standard InChI is InChI=1S/C8H9BO3/c1-12-7-3-5(8(10)11)2-6(9)4-7/h2-4H,9H2,1H3,(H,10,11). The predicted octanol–water partition coefficient (Wildman–Crippen LogP) is -0.348. The molecule has 0 fully saturated rings. The zero-order valence-corrected chi connectivity index (χ0v) is 7.00. The van der Waals surface area contributed by atoms with Crippen LogP contribution >= 0.6 is 0 Å². The fourth-order valence-electron chi connectivity index (χ4n) is 0.989. The maximum absolute atomic E-state index is 10.6. The van der Waals surface area contributed by atoms with Crippen LogP contribution in [0.15, 0.2) is 18.2 Å². The van der Waals surface area contributed by atoms with Gasteiger partial charge in [-0.25, -0.2) is 4.79 Å². The maximum atomic E-state index is 10.6. The van der Waals surface area contributed by atoms with E-state index in [0.29, 0.717) is 5.75 Å². The minimum atomic E-state index is -0.933. The van der Waals surface area contributed by atoms with E-state index in [4.69, 9.17) is 9.84 Å². The Morgan fingerprint density at radius 2 is 2.17 bits per heavy atom. The van der Waals surface area contributed by atoms with E-state index in [0.717, 1.165) is 5.46 Å². The summed E-state index contributed by atoms with van der Waals surface area (Å²) in [7, 11) is 3.34. The van der Waals surface area contributed by atoms with Crippen LogP contribution in [0.5, 0.6) is 5.75 Å². The number of carboxylic acids is 1. The third kappa shape index (κ3) is 1.78. The van der Waals surface area contributed by atoms with Crippen LogP contribution in [-0.4, -0.2) is 26.0 Å². The molecular weight excluding hydrogens is 155 g/mol. The van der Waals surface area contributed by atoms with Gasteiger partial charge < -0.3 is 9.84 Å². The second-order valence-electron chi connectivity index (χ2n) is 2.54. The summed E-state index contributed by atoms with van der Waals surface area (Å²) in [5.74, 6) is -0.357. The molecule has 1 aromatic rings. The first kappa shape index (κ1) is 8.65. The zero-order valence-electron chi connectivity index (χ0n) is 7.00. The number of benzene rings is 1. The highest BCUT2D eigenvalue weighted by molar-refractivity contribution is 6.32. The molecular formula is C8H9BO3. The average Bonchev–Trinajstić information content (AvgIpc) is 2.03. The Morgan fingerprint density at radius 3 is 2.67 bits per heavy atom. The van der Waals surface area contributed by atoms with E-state index < -0.39 is 5.97 Å². The number of aromatic carboxylic acids is 1. The quantitative estimate of drug-likeness (QED) is 0.607. The summed E-state index contributed by atoms with van der Waals surface area (Å²) in [6, 6.07) is 4.88. The highest BCUT2D eigenvalue weighted by atomic mass is 16.5. The first-order valence-corrected chi connectivity index (χ1v) is 3.52. The molecule has 0 saturated carbocycles. The van der Waals surface area contributed by atoms with Gasteiger partial charge in [0.05, 0.1) is 12.7 Å². The third-order valence-corrected chi connectivity index (χ3v) is 1.53.